The zero-order valence-electron chi connectivity index (χ0n) is 15.6. The van der Waals surface area contributed by atoms with E-state index in [9.17, 15) is 4.79 Å². The molecule has 0 atom stereocenters. The highest BCUT2D eigenvalue weighted by atomic mass is 32.1. The van der Waals surface area contributed by atoms with Gasteiger partial charge in [-0.1, -0.05) is 24.3 Å². The van der Waals surface area contributed by atoms with Gasteiger partial charge >= 0.3 is 0 Å². The first-order valence-electron chi connectivity index (χ1n) is 8.62. The molecule has 0 aliphatic rings. The standard InChI is InChI=1S/C21H22N2O3S/c1-14-6-4-5-7-18(14)19-13-27-21(22-19)23-20(24)9-8-15-10-16(25-2)12-17(11-15)26-3/h4-7,10-13H,8-9H2,1-3H3,(H,22,23,24). The van der Waals surface area contributed by atoms with Crippen LogP contribution >= 0.6 is 11.3 Å². The molecule has 0 aliphatic heterocycles. The Labute approximate surface area is 163 Å². The molecule has 0 saturated carbocycles. The Morgan fingerprint density at radius 2 is 1.81 bits per heavy atom. The average molecular weight is 382 g/mol. The van der Waals surface area contributed by atoms with Crippen LogP contribution in [0, 0.1) is 6.92 Å². The van der Waals surface area contributed by atoms with Crippen molar-refractivity contribution < 1.29 is 14.3 Å². The van der Waals surface area contributed by atoms with Crippen LogP contribution in [0.4, 0.5) is 5.13 Å². The largest absolute Gasteiger partial charge is 0.497 e. The Bertz CT molecular complexity index is 914. The lowest BCUT2D eigenvalue weighted by atomic mass is 10.1. The number of aryl methyl sites for hydroxylation is 2. The van der Waals surface area contributed by atoms with E-state index < -0.39 is 0 Å². The zero-order valence-corrected chi connectivity index (χ0v) is 16.4. The summed E-state index contributed by atoms with van der Waals surface area (Å²) in [7, 11) is 3.22. The van der Waals surface area contributed by atoms with Crippen LogP contribution in [-0.4, -0.2) is 25.1 Å². The van der Waals surface area contributed by atoms with Crippen LogP contribution < -0.4 is 14.8 Å². The number of rotatable bonds is 7. The molecule has 140 valence electrons. The molecule has 1 N–H and O–H groups in total. The van der Waals surface area contributed by atoms with Gasteiger partial charge in [0.1, 0.15) is 11.5 Å². The lowest BCUT2D eigenvalue weighted by molar-refractivity contribution is -0.116. The fourth-order valence-electron chi connectivity index (χ4n) is 2.77. The molecular formula is C21H22N2O3S. The molecule has 3 rings (SSSR count). The maximum atomic E-state index is 12.3. The topological polar surface area (TPSA) is 60.5 Å². The molecule has 6 heteroatoms. The molecule has 0 fully saturated rings. The summed E-state index contributed by atoms with van der Waals surface area (Å²) in [6, 6.07) is 13.7. The number of hydrogen-bond donors (Lipinski definition) is 1. The third-order valence-electron chi connectivity index (χ3n) is 4.22. The lowest BCUT2D eigenvalue weighted by Crippen LogP contribution is -2.12. The number of carbonyl (C=O) groups is 1. The van der Waals surface area contributed by atoms with Crippen molar-refractivity contribution in [2.45, 2.75) is 19.8 Å². The first-order chi connectivity index (χ1) is 13.1. The molecule has 0 radical (unpaired) electrons. The minimum absolute atomic E-state index is 0.0672. The summed E-state index contributed by atoms with van der Waals surface area (Å²) in [6.07, 6.45) is 0.949. The monoisotopic (exact) mass is 382 g/mol. The molecular weight excluding hydrogens is 360 g/mol. The van der Waals surface area contributed by atoms with Gasteiger partial charge < -0.3 is 14.8 Å². The predicted molar refractivity (Wildman–Crippen MR) is 109 cm³/mol. The lowest BCUT2D eigenvalue weighted by Gasteiger charge is -2.08. The van der Waals surface area contributed by atoms with Crippen molar-refractivity contribution in [1.29, 1.82) is 0 Å². The molecule has 0 bridgehead atoms. The minimum Gasteiger partial charge on any atom is -0.497 e. The van der Waals surface area contributed by atoms with E-state index in [1.165, 1.54) is 11.3 Å². The van der Waals surface area contributed by atoms with Gasteiger partial charge in [0.15, 0.2) is 5.13 Å². The second-order valence-corrected chi connectivity index (χ2v) is 6.98. The number of methoxy groups -OCH3 is 2. The maximum absolute atomic E-state index is 12.3. The van der Waals surface area contributed by atoms with E-state index in [2.05, 4.69) is 23.3 Å². The number of thiazole rings is 1. The molecule has 1 amide bonds. The van der Waals surface area contributed by atoms with Gasteiger partial charge in [-0.15, -0.1) is 11.3 Å². The van der Waals surface area contributed by atoms with Crippen molar-refractivity contribution in [2.75, 3.05) is 19.5 Å². The number of benzene rings is 2. The summed E-state index contributed by atoms with van der Waals surface area (Å²) < 4.78 is 10.5. The molecule has 3 aromatic rings. The van der Waals surface area contributed by atoms with E-state index in [1.54, 1.807) is 14.2 Å². The van der Waals surface area contributed by atoms with Crippen LogP contribution in [0.15, 0.2) is 47.8 Å². The number of nitrogens with zero attached hydrogens (tertiary/aromatic N) is 1. The number of aromatic nitrogens is 1. The van der Waals surface area contributed by atoms with Crippen LogP contribution in [0.25, 0.3) is 11.3 Å². The molecule has 0 saturated heterocycles. The van der Waals surface area contributed by atoms with E-state index in [0.717, 1.165) is 22.4 Å². The van der Waals surface area contributed by atoms with Gasteiger partial charge in [-0.3, -0.25) is 4.79 Å². The highest BCUT2D eigenvalue weighted by molar-refractivity contribution is 7.14. The summed E-state index contributed by atoms with van der Waals surface area (Å²) >= 11 is 1.43. The van der Waals surface area contributed by atoms with E-state index >= 15 is 0 Å². The second kappa shape index (κ2) is 8.68. The maximum Gasteiger partial charge on any atom is 0.226 e. The summed E-state index contributed by atoms with van der Waals surface area (Å²) in [5.74, 6) is 1.36. The Morgan fingerprint density at radius 3 is 2.48 bits per heavy atom. The van der Waals surface area contributed by atoms with E-state index in [4.69, 9.17) is 9.47 Å². The van der Waals surface area contributed by atoms with Crippen LogP contribution in [0.5, 0.6) is 11.5 Å². The Hall–Kier alpha value is -2.86. The summed E-state index contributed by atoms with van der Waals surface area (Å²) in [5.41, 5.74) is 4.11. The third-order valence-corrected chi connectivity index (χ3v) is 4.98. The molecule has 5 nitrogen and oxygen atoms in total. The van der Waals surface area contributed by atoms with E-state index in [0.29, 0.717) is 29.5 Å². The van der Waals surface area contributed by atoms with E-state index in [-0.39, 0.29) is 5.91 Å². The van der Waals surface area contributed by atoms with Gasteiger partial charge in [0.2, 0.25) is 5.91 Å². The minimum atomic E-state index is -0.0672. The summed E-state index contributed by atoms with van der Waals surface area (Å²) in [5, 5.41) is 5.46. The number of ether oxygens (including phenoxy) is 2. The van der Waals surface area contributed by atoms with Crippen molar-refractivity contribution in [3.05, 3.63) is 59.0 Å². The fraction of sp³-hybridized carbons (Fsp3) is 0.238. The zero-order chi connectivity index (χ0) is 19.2. The summed E-state index contributed by atoms with van der Waals surface area (Å²) in [4.78, 5) is 16.8. The van der Waals surface area contributed by atoms with Crippen molar-refractivity contribution in [3.8, 4) is 22.8 Å². The predicted octanol–water partition coefficient (Wildman–Crippen LogP) is 4.71. The Balaban J connectivity index is 1.61. The van der Waals surface area contributed by atoms with E-state index in [1.807, 2.05) is 41.8 Å². The first kappa shape index (κ1) is 18.9. The number of nitrogens with one attached hydrogen (secondary N) is 1. The number of anilines is 1. The van der Waals surface area contributed by atoms with Gasteiger partial charge in [0, 0.05) is 23.4 Å². The molecule has 0 spiro atoms. The van der Waals surface area contributed by atoms with Crippen molar-refractivity contribution >= 4 is 22.4 Å². The average Bonchev–Trinajstić information content (AvgIpc) is 3.14. The van der Waals surface area contributed by atoms with Crippen molar-refractivity contribution in [1.82, 2.24) is 4.98 Å². The highest BCUT2D eigenvalue weighted by Gasteiger charge is 2.10. The Kier molecular flexibility index (Phi) is 6.08. The van der Waals surface area contributed by atoms with Crippen LogP contribution in [-0.2, 0) is 11.2 Å². The molecule has 0 aliphatic carbocycles. The van der Waals surface area contributed by atoms with Crippen LogP contribution in [0.2, 0.25) is 0 Å². The molecule has 27 heavy (non-hydrogen) atoms. The molecule has 0 unspecified atom stereocenters. The number of carbonyl (C=O) groups excluding carboxylic acids is 1. The van der Waals surface area contributed by atoms with Gasteiger partial charge in [-0.2, -0.15) is 0 Å². The van der Waals surface area contributed by atoms with Crippen LogP contribution in [0.1, 0.15) is 17.5 Å². The fourth-order valence-corrected chi connectivity index (χ4v) is 3.49. The van der Waals surface area contributed by atoms with Gasteiger partial charge in [-0.25, -0.2) is 4.98 Å². The number of hydrogen-bond acceptors (Lipinski definition) is 5. The van der Waals surface area contributed by atoms with Gasteiger partial charge in [0.05, 0.1) is 19.9 Å². The first-order valence-corrected chi connectivity index (χ1v) is 9.50. The SMILES string of the molecule is COc1cc(CCC(=O)Nc2nc(-c3ccccc3C)cs2)cc(OC)c1. The van der Waals surface area contributed by atoms with Gasteiger partial charge in [0.25, 0.3) is 0 Å². The van der Waals surface area contributed by atoms with Gasteiger partial charge in [-0.05, 0) is 36.6 Å². The third kappa shape index (κ3) is 4.86. The number of amides is 1. The summed E-state index contributed by atoms with van der Waals surface area (Å²) in [6.45, 7) is 2.05. The van der Waals surface area contributed by atoms with Crippen molar-refractivity contribution in [2.24, 2.45) is 0 Å². The second-order valence-electron chi connectivity index (χ2n) is 6.12. The molecule has 2 aromatic carbocycles. The quantitative estimate of drug-likeness (QED) is 0.643. The normalized spacial score (nSPS) is 10.5. The highest BCUT2D eigenvalue weighted by Crippen LogP contribution is 2.27. The van der Waals surface area contributed by atoms with Crippen molar-refractivity contribution in [3.63, 3.8) is 0 Å². The molecule has 1 aromatic heterocycles. The Morgan fingerprint density at radius 1 is 1.11 bits per heavy atom. The molecule has 1 heterocycles. The smallest absolute Gasteiger partial charge is 0.226 e. The van der Waals surface area contributed by atoms with Crippen LogP contribution in [0.3, 0.4) is 0 Å².